The zero-order chi connectivity index (χ0) is 15.4. The molecule has 0 atom stereocenters. The highest BCUT2D eigenvalue weighted by atomic mass is 35.5. The molecule has 22 heavy (non-hydrogen) atoms. The number of hydrogen-bond donors (Lipinski definition) is 1. The highest BCUT2D eigenvalue weighted by Crippen LogP contribution is 2.16. The predicted molar refractivity (Wildman–Crippen MR) is 86.8 cm³/mol. The number of imidazole rings is 1. The Balaban J connectivity index is 1.55. The minimum atomic E-state index is -0.00685. The molecule has 2 aromatic heterocycles. The van der Waals surface area contributed by atoms with Crippen LogP contribution in [0.4, 0.5) is 0 Å². The Hall–Kier alpha value is -2.33. The second kappa shape index (κ2) is 6.62. The van der Waals surface area contributed by atoms with Crippen molar-refractivity contribution in [2.24, 2.45) is 0 Å². The monoisotopic (exact) mass is 313 g/mol. The number of aromatic nitrogens is 2. The van der Waals surface area contributed by atoms with Crippen LogP contribution in [0, 0.1) is 0 Å². The molecule has 3 aromatic rings. The summed E-state index contributed by atoms with van der Waals surface area (Å²) < 4.78 is 1.97. The van der Waals surface area contributed by atoms with Crippen LogP contribution in [0.25, 0.3) is 5.52 Å². The molecule has 0 unspecified atom stereocenters. The first kappa shape index (κ1) is 14.6. The molecule has 5 heteroatoms. The summed E-state index contributed by atoms with van der Waals surface area (Å²) in [6, 6.07) is 13.5. The topological polar surface area (TPSA) is 46.4 Å². The van der Waals surface area contributed by atoms with E-state index in [2.05, 4.69) is 10.3 Å². The number of pyridine rings is 1. The van der Waals surface area contributed by atoms with Crippen LogP contribution in [0.2, 0.25) is 5.02 Å². The summed E-state index contributed by atoms with van der Waals surface area (Å²) in [5.41, 5.74) is 2.01. The van der Waals surface area contributed by atoms with Gasteiger partial charge in [0.25, 0.3) is 0 Å². The van der Waals surface area contributed by atoms with Gasteiger partial charge in [-0.05, 0) is 30.2 Å². The smallest absolute Gasteiger partial charge is 0.220 e. The van der Waals surface area contributed by atoms with E-state index in [1.165, 1.54) is 0 Å². The quantitative estimate of drug-likeness (QED) is 0.786. The fourth-order valence-corrected chi connectivity index (χ4v) is 2.58. The molecular weight excluding hydrogens is 298 g/mol. The molecule has 0 aliphatic heterocycles. The van der Waals surface area contributed by atoms with Crippen molar-refractivity contribution in [3.63, 3.8) is 0 Å². The number of aryl methyl sites for hydroxylation is 1. The normalized spacial score (nSPS) is 10.8. The Morgan fingerprint density at radius 3 is 2.86 bits per heavy atom. The highest BCUT2D eigenvalue weighted by molar-refractivity contribution is 6.31. The maximum absolute atomic E-state index is 12.0. The molecule has 112 valence electrons. The van der Waals surface area contributed by atoms with Crippen molar-refractivity contribution >= 4 is 23.0 Å². The Kier molecular flexibility index (Phi) is 4.39. The first-order valence-corrected chi connectivity index (χ1v) is 7.53. The molecule has 3 rings (SSSR count). The fourth-order valence-electron chi connectivity index (χ4n) is 2.35. The zero-order valence-corrected chi connectivity index (χ0v) is 12.8. The summed E-state index contributed by atoms with van der Waals surface area (Å²) in [7, 11) is 0. The predicted octanol–water partition coefficient (Wildman–Crippen LogP) is 3.24. The van der Waals surface area contributed by atoms with Gasteiger partial charge in [0.05, 0.1) is 18.3 Å². The van der Waals surface area contributed by atoms with Gasteiger partial charge in [0.2, 0.25) is 5.91 Å². The number of benzene rings is 1. The molecule has 0 aliphatic carbocycles. The molecule has 0 aliphatic rings. The lowest BCUT2D eigenvalue weighted by atomic mass is 10.1. The van der Waals surface area contributed by atoms with Crippen molar-refractivity contribution in [3.05, 3.63) is 71.3 Å². The van der Waals surface area contributed by atoms with E-state index < -0.39 is 0 Å². The van der Waals surface area contributed by atoms with Gasteiger partial charge in [0.15, 0.2) is 0 Å². The molecule has 0 bridgehead atoms. The molecule has 1 N–H and O–H groups in total. The van der Waals surface area contributed by atoms with E-state index in [4.69, 9.17) is 11.6 Å². The van der Waals surface area contributed by atoms with Crippen LogP contribution in [0.5, 0.6) is 0 Å². The number of nitrogens with zero attached hydrogens (tertiary/aromatic N) is 2. The van der Waals surface area contributed by atoms with Crippen molar-refractivity contribution < 1.29 is 4.79 Å². The van der Waals surface area contributed by atoms with Crippen molar-refractivity contribution in [3.8, 4) is 0 Å². The second-order valence-corrected chi connectivity index (χ2v) is 5.45. The summed E-state index contributed by atoms with van der Waals surface area (Å²) in [6.07, 6.45) is 4.78. The van der Waals surface area contributed by atoms with Crippen LogP contribution in [0.3, 0.4) is 0 Å². The van der Waals surface area contributed by atoms with Gasteiger partial charge < -0.3 is 9.72 Å². The van der Waals surface area contributed by atoms with Crippen LogP contribution < -0.4 is 5.32 Å². The third kappa shape index (κ3) is 3.28. The summed E-state index contributed by atoms with van der Waals surface area (Å²) in [5.74, 6) is 0.814. The van der Waals surface area contributed by atoms with E-state index in [0.29, 0.717) is 24.4 Å². The number of nitrogens with one attached hydrogen (secondary N) is 1. The lowest BCUT2D eigenvalue weighted by molar-refractivity contribution is -0.121. The van der Waals surface area contributed by atoms with Crippen LogP contribution >= 0.6 is 11.6 Å². The summed E-state index contributed by atoms with van der Waals surface area (Å²) in [6.45, 7) is 0.416. The maximum Gasteiger partial charge on any atom is 0.220 e. The summed E-state index contributed by atoms with van der Waals surface area (Å²) in [4.78, 5) is 16.3. The molecule has 0 radical (unpaired) electrons. The molecule has 0 fully saturated rings. The van der Waals surface area contributed by atoms with E-state index in [0.717, 1.165) is 16.9 Å². The van der Waals surface area contributed by atoms with Crippen LogP contribution in [0.1, 0.15) is 17.8 Å². The fraction of sp³-hybridized carbons (Fsp3) is 0.176. The van der Waals surface area contributed by atoms with E-state index in [1.807, 2.05) is 53.1 Å². The van der Waals surface area contributed by atoms with Crippen LogP contribution in [-0.2, 0) is 17.8 Å². The van der Waals surface area contributed by atoms with Gasteiger partial charge in [-0.2, -0.15) is 0 Å². The van der Waals surface area contributed by atoms with Crippen molar-refractivity contribution in [1.82, 2.24) is 14.7 Å². The lowest BCUT2D eigenvalue weighted by Crippen LogP contribution is -2.24. The Bertz CT molecular complexity index is 797. The first-order chi connectivity index (χ1) is 10.7. The third-order valence-electron chi connectivity index (χ3n) is 3.54. The Labute approximate surface area is 133 Å². The van der Waals surface area contributed by atoms with Gasteiger partial charge in [0, 0.05) is 17.6 Å². The minimum Gasteiger partial charge on any atom is -0.349 e. The SMILES string of the molecule is O=C(CCc1ccccc1Cl)NCc1ncc2ccccn12. The standard InChI is InChI=1S/C17H16ClN3O/c18-15-7-2-1-5-13(15)8-9-17(22)20-12-16-19-11-14-6-3-4-10-21(14)16/h1-7,10-11H,8-9,12H2,(H,20,22). The van der Waals surface area contributed by atoms with E-state index >= 15 is 0 Å². The van der Waals surface area contributed by atoms with Crippen LogP contribution in [-0.4, -0.2) is 15.3 Å². The average Bonchev–Trinajstić information content (AvgIpc) is 2.95. The molecule has 4 nitrogen and oxygen atoms in total. The van der Waals surface area contributed by atoms with Crippen molar-refractivity contribution in [2.45, 2.75) is 19.4 Å². The van der Waals surface area contributed by atoms with Gasteiger partial charge in [-0.1, -0.05) is 35.9 Å². The zero-order valence-electron chi connectivity index (χ0n) is 12.0. The molecular formula is C17H16ClN3O. The number of rotatable bonds is 5. The number of carbonyl (C=O) groups is 1. The van der Waals surface area contributed by atoms with E-state index in [1.54, 1.807) is 6.20 Å². The number of halogens is 1. The second-order valence-electron chi connectivity index (χ2n) is 5.04. The Morgan fingerprint density at radius 1 is 1.18 bits per heavy atom. The minimum absolute atomic E-state index is 0.00685. The molecule has 0 saturated heterocycles. The van der Waals surface area contributed by atoms with Gasteiger partial charge in [-0.25, -0.2) is 4.98 Å². The highest BCUT2D eigenvalue weighted by Gasteiger charge is 2.07. The van der Waals surface area contributed by atoms with Gasteiger partial charge in [0.1, 0.15) is 5.82 Å². The first-order valence-electron chi connectivity index (χ1n) is 7.15. The molecule has 0 saturated carbocycles. The number of carbonyl (C=O) groups excluding carboxylic acids is 1. The molecule has 1 aromatic carbocycles. The number of fused-ring (bicyclic) bond motifs is 1. The largest absolute Gasteiger partial charge is 0.349 e. The average molecular weight is 314 g/mol. The van der Waals surface area contributed by atoms with Gasteiger partial charge in [-0.15, -0.1) is 0 Å². The third-order valence-corrected chi connectivity index (χ3v) is 3.91. The van der Waals surface area contributed by atoms with Crippen molar-refractivity contribution in [1.29, 1.82) is 0 Å². The Morgan fingerprint density at radius 2 is 2.00 bits per heavy atom. The molecule has 0 spiro atoms. The van der Waals surface area contributed by atoms with E-state index in [9.17, 15) is 4.79 Å². The molecule has 1 amide bonds. The number of amides is 1. The number of hydrogen-bond acceptors (Lipinski definition) is 2. The van der Waals surface area contributed by atoms with Gasteiger partial charge in [-0.3, -0.25) is 4.79 Å². The van der Waals surface area contributed by atoms with Crippen LogP contribution in [0.15, 0.2) is 54.9 Å². The summed E-state index contributed by atoms with van der Waals surface area (Å²) >= 11 is 6.09. The molecule has 2 heterocycles. The van der Waals surface area contributed by atoms with Gasteiger partial charge >= 0.3 is 0 Å². The van der Waals surface area contributed by atoms with Crippen molar-refractivity contribution in [2.75, 3.05) is 0 Å². The maximum atomic E-state index is 12.0. The van der Waals surface area contributed by atoms with E-state index in [-0.39, 0.29) is 5.91 Å². The summed E-state index contributed by atoms with van der Waals surface area (Å²) in [5, 5.41) is 3.60. The lowest BCUT2D eigenvalue weighted by Gasteiger charge is -2.06.